The van der Waals surface area contributed by atoms with E-state index in [4.69, 9.17) is 0 Å². The second kappa shape index (κ2) is 1.36. The molecule has 0 unspecified atom stereocenters. The zero-order valence-electron chi connectivity index (χ0n) is 6.41. The van der Waals surface area contributed by atoms with Crippen molar-refractivity contribution in [2.24, 2.45) is 0 Å². The number of nitrogens with zero attached hydrogens (tertiary/aromatic N) is 1. The van der Waals surface area contributed by atoms with E-state index in [2.05, 4.69) is 43.5 Å². The molecule has 1 nitrogen and oxygen atoms in total. The van der Waals surface area contributed by atoms with E-state index >= 15 is 0 Å². The lowest BCUT2D eigenvalue weighted by atomic mass is 10.3. The summed E-state index contributed by atoms with van der Waals surface area (Å²) < 4.78 is 0.917. The summed E-state index contributed by atoms with van der Waals surface area (Å²) in [7, 11) is 2.24. The van der Waals surface area contributed by atoms with Crippen molar-refractivity contribution in [2.75, 3.05) is 7.05 Å². The topological polar surface area (TPSA) is 0 Å². The van der Waals surface area contributed by atoms with Crippen LogP contribution < -0.4 is 0 Å². The molecule has 0 saturated heterocycles. The highest BCUT2D eigenvalue weighted by Gasteiger charge is 2.39. The van der Waals surface area contributed by atoms with Crippen LogP contribution in [0.4, 0.5) is 0 Å². The minimum atomic E-state index is 0.917. The summed E-state index contributed by atoms with van der Waals surface area (Å²) in [5.74, 6) is 0. The fraction of sp³-hybridized carbons (Fsp3) is 0.100. The molecule has 0 aromatic carbocycles. The number of allylic oxidation sites excluding steroid dienone is 4. The molecule has 0 spiro atoms. The standard InChI is InChI=1S/C10H9N/c1-11-8-2-3-9(11)6-7-10(11)5-4-8/h2-7H,1H3. The molecule has 1 heteroatoms. The Labute approximate surface area is 66.2 Å². The van der Waals surface area contributed by atoms with Gasteiger partial charge in [-0.05, 0) is 12.2 Å². The Morgan fingerprint density at radius 2 is 1.64 bits per heavy atom. The Bertz CT molecular complexity index is 312. The highest BCUT2D eigenvalue weighted by Crippen LogP contribution is 2.47. The lowest BCUT2D eigenvalue weighted by molar-refractivity contribution is -0.794. The van der Waals surface area contributed by atoms with Crippen molar-refractivity contribution in [3.8, 4) is 0 Å². The maximum Gasteiger partial charge on any atom is 0.0782 e. The molecular formula is C10H9N. The number of rotatable bonds is 0. The minimum Gasteiger partial charge on any atom is -0.298 e. The first kappa shape index (κ1) is 5.44. The Hall–Kier alpha value is -1.21. The summed E-state index contributed by atoms with van der Waals surface area (Å²) in [5, 5.41) is 0. The van der Waals surface area contributed by atoms with Crippen LogP contribution in [-0.4, -0.2) is 11.5 Å². The van der Waals surface area contributed by atoms with Gasteiger partial charge < -0.3 is 0 Å². The molecule has 11 heavy (non-hydrogen) atoms. The van der Waals surface area contributed by atoms with Gasteiger partial charge in [-0.15, -0.1) is 12.2 Å². The van der Waals surface area contributed by atoms with Crippen LogP contribution in [0.2, 0.25) is 0 Å². The fourth-order valence-electron chi connectivity index (χ4n) is 2.02. The third-order valence-corrected chi connectivity index (χ3v) is 2.82. The smallest absolute Gasteiger partial charge is 0.0782 e. The Morgan fingerprint density at radius 3 is 2.18 bits per heavy atom. The molecule has 0 aliphatic carbocycles. The minimum absolute atomic E-state index is 0.917. The lowest BCUT2D eigenvalue weighted by Gasteiger charge is -2.34. The van der Waals surface area contributed by atoms with Gasteiger partial charge >= 0.3 is 0 Å². The average Bonchev–Trinajstić information content (AvgIpc) is 2.53. The highest BCUT2D eigenvalue weighted by atomic mass is 15.4. The molecular weight excluding hydrogens is 134 g/mol. The number of hydrogen-bond acceptors (Lipinski definition) is 0. The summed E-state index contributed by atoms with van der Waals surface area (Å²) in [5.41, 5.74) is 2.78. The predicted molar refractivity (Wildman–Crippen MR) is 43.9 cm³/mol. The van der Waals surface area contributed by atoms with E-state index < -0.39 is 0 Å². The average molecular weight is 143 g/mol. The lowest BCUT2D eigenvalue weighted by Crippen LogP contribution is -2.34. The summed E-state index contributed by atoms with van der Waals surface area (Å²) in [6.07, 6.45) is 13.2. The quantitative estimate of drug-likeness (QED) is 0.359. The molecule has 0 bridgehead atoms. The fourth-order valence-corrected chi connectivity index (χ4v) is 2.02. The van der Waals surface area contributed by atoms with E-state index in [0.29, 0.717) is 0 Å². The molecule has 3 rings (SSSR count). The molecule has 3 aliphatic heterocycles. The molecule has 0 N–H and O–H groups in total. The van der Waals surface area contributed by atoms with Crippen molar-refractivity contribution in [2.45, 2.75) is 0 Å². The first-order valence-electron chi connectivity index (χ1n) is 3.85. The molecule has 0 amide bonds. The summed E-state index contributed by atoms with van der Waals surface area (Å²) in [6, 6.07) is 1.39. The van der Waals surface area contributed by atoms with Gasteiger partial charge in [0.2, 0.25) is 0 Å². The maximum absolute atomic E-state index is 2.24. The first-order chi connectivity index (χ1) is 5.32. The summed E-state index contributed by atoms with van der Waals surface area (Å²) in [4.78, 5) is 0. The van der Waals surface area contributed by atoms with E-state index in [1.165, 1.54) is 17.4 Å². The van der Waals surface area contributed by atoms with E-state index in [1.807, 2.05) is 0 Å². The zero-order valence-corrected chi connectivity index (χ0v) is 6.41. The van der Waals surface area contributed by atoms with Crippen LogP contribution in [0, 0.1) is 6.04 Å². The van der Waals surface area contributed by atoms with Crippen molar-refractivity contribution >= 4 is 0 Å². The molecule has 0 fully saturated rings. The van der Waals surface area contributed by atoms with Gasteiger partial charge in [0.1, 0.15) is 0 Å². The van der Waals surface area contributed by atoms with Crippen LogP contribution in [0.3, 0.4) is 0 Å². The first-order valence-corrected chi connectivity index (χ1v) is 3.85. The van der Waals surface area contributed by atoms with Crippen LogP contribution in [0.15, 0.2) is 47.9 Å². The predicted octanol–water partition coefficient (Wildman–Crippen LogP) is 1.89. The van der Waals surface area contributed by atoms with E-state index in [1.54, 1.807) is 0 Å². The zero-order chi connectivity index (χ0) is 7.47. The SMILES string of the molecule is C[N+]12C3=CC=C1C=C[C-]2C=C3. The van der Waals surface area contributed by atoms with Crippen LogP contribution >= 0.6 is 0 Å². The Kier molecular flexibility index (Phi) is 0.674. The van der Waals surface area contributed by atoms with Gasteiger partial charge in [0, 0.05) is 6.04 Å². The van der Waals surface area contributed by atoms with Crippen LogP contribution in [0.5, 0.6) is 0 Å². The van der Waals surface area contributed by atoms with Crippen molar-refractivity contribution in [1.29, 1.82) is 0 Å². The van der Waals surface area contributed by atoms with Crippen LogP contribution in [0.1, 0.15) is 0 Å². The van der Waals surface area contributed by atoms with Crippen LogP contribution in [-0.2, 0) is 0 Å². The van der Waals surface area contributed by atoms with Crippen molar-refractivity contribution < 1.29 is 4.48 Å². The maximum atomic E-state index is 2.24. The molecule has 3 heterocycles. The number of hydrogen-bond donors (Lipinski definition) is 0. The monoisotopic (exact) mass is 143 g/mol. The second-order valence-electron chi connectivity index (χ2n) is 3.28. The normalized spacial score (nSPS) is 27.5. The second-order valence-corrected chi connectivity index (χ2v) is 3.28. The Morgan fingerprint density at radius 1 is 1.09 bits per heavy atom. The largest absolute Gasteiger partial charge is 0.298 e. The summed E-state index contributed by atoms with van der Waals surface area (Å²) in [6.45, 7) is 0. The van der Waals surface area contributed by atoms with Gasteiger partial charge in [-0.3, -0.25) is 4.48 Å². The molecule has 0 aromatic rings. The van der Waals surface area contributed by atoms with Crippen molar-refractivity contribution in [1.82, 2.24) is 0 Å². The molecule has 3 aliphatic rings. The van der Waals surface area contributed by atoms with Gasteiger partial charge in [0.15, 0.2) is 0 Å². The third-order valence-electron chi connectivity index (χ3n) is 2.82. The van der Waals surface area contributed by atoms with Gasteiger partial charge in [0.05, 0.1) is 18.4 Å². The number of quaternary nitrogens is 1. The number of likely N-dealkylation sites (N-methyl/N-ethyl adjacent to an activating group) is 1. The van der Waals surface area contributed by atoms with Gasteiger partial charge in [-0.1, -0.05) is 12.2 Å². The van der Waals surface area contributed by atoms with E-state index in [9.17, 15) is 0 Å². The third kappa shape index (κ3) is 0.401. The van der Waals surface area contributed by atoms with Crippen molar-refractivity contribution in [3.05, 3.63) is 53.9 Å². The molecule has 0 aromatic heterocycles. The molecule has 54 valence electrons. The van der Waals surface area contributed by atoms with E-state index in [0.717, 1.165) is 4.48 Å². The van der Waals surface area contributed by atoms with Gasteiger partial charge in [-0.2, -0.15) is 0 Å². The van der Waals surface area contributed by atoms with Gasteiger partial charge in [-0.25, -0.2) is 0 Å². The molecule has 0 saturated carbocycles. The summed E-state index contributed by atoms with van der Waals surface area (Å²) >= 11 is 0. The van der Waals surface area contributed by atoms with Gasteiger partial charge in [0.25, 0.3) is 0 Å². The van der Waals surface area contributed by atoms with Crippen molar-refractivity contribution in [3.63, 3.8) is 0 Å². The Balaban J connectivity index is 2.32. The molecule has 0 radical (unpaired) electrons. The van der Waals surface area contributed by atoms with Crippen LogP contribution in [0.25, 0.3) is 0 Å². The van der Waals surface area contributed by atoms with E-state index in [-0.39, 0.29) is 0 Å². The highest BCUT2D eigenvalue weighted by molar-refractivity contribution is 5.47. The molecule has 0 atom stereocenters.